The van der Waals surface area contributed by atoms with Gasteiger partial charge in [0, 0.05) is 11.6 Å². The standard InChI is InChI=1S/C11H8ClN/c1-2-10-11-8(6-7-13-10)4-3-5-9(11)12/h2-7H,1H2. The van der Waals surface area contributed by atoms with Gasteiger partial charge in [-0.25, -0.2) is 0 Å². The van der Waals surface area contributed by atoms with Gasteiger partial charge in [0.2, 0.25) is 0 Å². The van der Waals surface area contributed by atoms with E-state index in [-0.39, 0.29) is 0 Å². The molecule has 0 unspecified atom stereocenters. The Hall–Kier alpha value is -1.34. The predicted octanol–water partition coefficient (Wildman–Crippen LogP) is 3.53. The molecular formula is C11H8ClN. The zero-order valence-electron chi connectivity index (χ0n) is 7.00. The minimum atomic E-state index is 0.723. The molecule has 0 radical (unpaired) electrons. The third kappa shape index (κ3) is 1.31. The van der Waals surface area contributed by atoms with E-state index in [1.807, 2.05) is 24.3 Å². The van der Waals surface area contributed by atoms with Crippen molar-refractivity contribution in [2.75, 3.05) is 0 Å². The molecule has 0 bridgehead atoms. The number of benzene rings is 1. The third-order valence-electron chi connectivity index (χ3n) is 1.96. The van der Waals surface area contributed by atoms with E-state index in [1.54, 1.807) is 12.3 Å². The summed E-state index contributed by atoms with van der Waals surface area (Å²) in [5, 5.41) is 2.79. The highest BCUT2D eigenvalue weighted by Gasteiger charge is 2.02. The Kier molecular flexibility index (Phi) is 2.03. The zero-order valence-corrected chi connectivity index (χ0v) is 7.75. The summed E-state index contributed by atoms with van der Waals surface area (Å²) in [5.41, 5.74) is 0.836. The van der Waals surface area contributed by atoms with Gasteiger partial charge in [0.15, 0.2) is 0 Å². The molecule has 0 aliphatic carbocycles. The van der Waals surface area contributed by atoms with Crippen LogP contribution in [0, 0.1) is 0 Å². The average molecular weight is 190 g/mol. The maximum atomic E-state index is 6.05. The highest BCUT2D eigenvalue weighted by atomic mass is 35.5. The lowest BCUT2D eigenvalue weighted by molar-refractivity contribution is 1.33. The molecule has 2 heteroatoms. The van der Waals surface area contributed by atoms with Crippen LogP contribution in [0.2, 0.25) is 5.02 Å². The van der Waals surface area contributed by atoms with Gasteiger partial charge < -0.3 is 0 Å². The number of hydrogen-bond donors (Lipinski definition) is 0. The Labute approximate surface area is 81.7 Å². The van der Waals surface area contributed by atoms with Gasteiger partial charge in [0.1, 0.15) is 0 Å². The van der Waals surface area contributed by atoms with E-state index in [0.29, 0.717) is 0 Å². The molecule has 2 aromatic rings. The van der Waals surface area contributed by atoms with Crippen LogP contribution in [0.15, 0.2) is 37.0 Å². The van der Waals surface area contributed by atoms with Crippen LogP contribution in [-0.4, -0.2) is 4.98 Å². The van der Waals surface area contributed by atoms with Gasteiger partial charge in [-0.3, -0.25) is 4.98 Å². The van der Waals surface area contributed by atoms with Crippen molar-refractivity contribution in [1.29, 1.82) is 0 Å². The van der Waals surface area contributed by atoms with Crippen LogP contribution in [-0.2, 0) is 0 Å². The predicted molar refractivity (Wildman–Crippen MR) is 56.8 cm³/mol. The van der Waals surface area contributed by atoms with Crippen molar-refractivity contribution < 1.29 is 0 Å². The fraction of sp³-hybridized carbons (Fsp3) is 0. The van der Waals surface area contributed by atoms with E-state index in [2.05, 4.69) is 11.6 Å². The minimum absolute atomic E-state index is 0.723. The number of halogens is 1. The van der Waals surface area contributed by atoms with Gasteiger partial charge >= 0.3 is 0 Å². The maximum Gasteiger partial charge on any atom is 0.0717 e. The fourth-order valence-corrected chi connectivity index (χ4v) is 1.65. The SMILES string of the molecule is C=Cc1nccc2cccc(Cl)c12. The average Bonchev–Trinajstić information content (AvgIpc) is 2.17. The Morgan fingerprint density at radius 2 is 2.15 bits per heavy atom. The molecule has 0 aliphatic heterocycles. The Bertz CT molecular complexity index is 457. The molecule has 0 aliphatic rings. The first-order valence-corrected chi connectivity index (χ1v) is 4.36. The monoisotopic (exact) mass is 189 g/mol. The van der Waals surface area contributed by atoms with Crippen molar-refractivity contribution in [1.82, 2.24) is 4.98 Å². The molecule has 1 nitrogen and oxygen atoms in total. The van der Waals surface area contributed by atoms with E-state index < -0.39 is 0 Å². The van der Waals surface area contributed by atoms with E-state index in [9.17, 15) is 0 Å². The number of aromatic nitrogens is 1. The second-order valence-corrected chi connectivity index (χ2v) is 3.15. The topological polar surface area (TPSA) is 12.9 Å². The molecular weight excluding hydrogens is 182 g/mol. The Morgan fingerprint density at radius 3 is 2.92 bits per heavy atom. The van der Waals surface area contributed by atoms with Gasteiger partial charge in [-0.2, -0.15) is 0 Å². The van der Waals surface area contributed by atoms with Crippen LogP contribution < -0.4 is 0 Å². The Balaban J connectivity index is 2.94. The number of hydrogen-bond acceptors (Lipinski definition) is 1. The summed E-state index contributed by atoms with van der Waals surface area (Å²) in [6.07, 6.45) is 3.48. The van der Waals surface area contributed by atoms with Crippen molar-refractivity contribution in [3.63, 3.8) is 0 Å². The van der Waals surface area contributed by atoms with E-state index in [0.717, 1.165) is 21.5 Å². The molecule has 0 amide bonds. The van der Waals surface area contributed by atoms with Crippen molar-refractivity contribution in [3.8, 4) is 0 Å². The summed E-state index contributed by atoms with van der Waals surface area (Å²) < 4.78 is 0. The first kappa shape index (κ1) is 8.27. The second-order valence-electron chi connectivity index (χ2n) is 2.74. The lowest BCUT2D eigenvalue weighted by Crippen LogP contribution is -1.83. The van der Waals surface area contributed by atoms with Crippen LogP contribution in [0.25, 0.3) is 16.8 Å². The highest BCUT2D eigenvalue weighted by Crippen LogP contribution is 2.25. The van der Waals surface area contributed by atoms with Crippen LogP contribution >= 0.6 is 11.6 Å². The van der Waals surface area contributed by atoms with Crippen molar-refractivity contribution in [3.05, 3.63) is 47.8 Å². The van der Waals surface area contributed by atoms with Crippen molar-refractivity contribution >= 4 is 28.4 Å². The van der Waals surface area contributed by atoms with E-state index in [4.69, 9.17) is 11.6 Å². The fourth-order valence-electron chi connectivity index (χ4n) is 1.37. The number of pyridine rings is 1. The third-order valence-corrected chi connectivity index (χ3v) is 2.28. The normalized spacial score (nSPS) is 10.2. The Morgan fingerprint density at radius 1 is 1.31 bits per heavy atom. The van der Waals surface area contributed by atoms with Crippen LogP contribution in [0.4, 0.5) is 0 Å². The first-order valence-electron chi connectivity index (χ1n) is 3.98. The lowest BCUT2D eigenvalue weighted by Gasteiger charge is -2.02. The van der Waals surface area contributed by atoms with Gasteiger partial charge in [-0.05, 0) is 23.6 Å². The molecule has 0 N–H and O–H groups in total. The number of rotatable bonds is 1. The van der Waals surface area contributed by atoms with Crippen LogP contribution in [0.5, 0.6) is 0 Å². The maximum absolute atomic E-state index is 6.05. The molecule has 2 rings (SSSR count). The molecule has 0 saturated heterocycles. The van der Waals surface area contributed by atoms with Gasteiger partial charge in [-0.15, -0.1) is 0 Å². The largest absolute Gasteiger partial charge is 0.256 e. The smallest absolute Gasteiger partial charge is 0.0717 e. The zero-order chi connectivity index (χ0) is 9.26. The summed E-state index contributed by atoms with van der Waals surface area (Å²) >= 11 is 6.05. The summed E-state index contributed by atoms with van der Waals surface area (Å²) in [4.78, 5) is 4.18. The molecule has 0 saturated carbocycles. The second kappa shape index (κ2) is 3.19. The summed E-state index contributed by atoms with van der Waals surface area (Å²) in [7, 11) is 0. The molecule has 1 aromatic heterocycles. The molecule has 1 aromatic carbocycles. The number of nitrogens with zero attached hydrogens (tertiary/aromatic N) is 1. The molecule has 13 heavy (non-hydrogen) atoms. The molecule has 64 valence electrons. The van der Waals surface area contributed by atoms with Crippen LogP contribution in [0.1, 0.15) is 5.69 Å². The summed E-state index contributed by atoms with van der Waals surface area (Å²) in [5.74, 6) is 0. The van der Waals surface area contributed by atoms with Crippen LogP contribution in [0.3, 0.4) is 0 Å². The molecule has 0 spiro atoms. The van der Waals surface area contributed by atoms with Crippen molar-refractivity contribution in [2.45, 2.75) is 0 Å². The summed E-state index contributed by atoms with van der Waals surface area (Å²) in [6.45, 7) is 3.70. The summed E-state index contributed by atoms with van der Waals surface area (Å²) in [6, 6.07) is 7.74. The number of fused-ring (bicyclic) bond motifs is 1. The van der Waals surface area contributed by atoms with Crippen molar-refractivity contribution in [2.24, 2.45) is 0 Å². The quantitative estimate of drug-likeness (QED) is 0.669. The van der Waals surface area contributed by atoms with Gasteiger partial charge in [0.25, 0.3) is 0 Å². The lowest BCUT2D eigenvalue weighted by atomic mass is 10.1. The minimum Gasteiger partial charge on any atom is -0.256 e. The molecule has 0 atom stereocenters. The van der Waals surface area contributed by atoms with Gasteiger partial charge in [-0.1, -0.05) is 30.3 Å². The highest BCUT2D eigenvalue weighted by molar-refractivity contribution is 6.36. The molecule has 0 fully saturated rings. The van der Waals surface area contributed by atoms with Gasteiger partial charge in [0.05, 0.1) is 10.7 Å². The first-order chi connectivity index (χ1) is 6.33. The van der Waals surface area contributed by atoms with E-state index in [1.165, 1.54) is 0 Å². The molecule has 1 heterocycles. The van der Waals surface area contributed by atoms with E-state index >= 15 is 0 Å².